The van der Waals surface area contributed by atoms with Gasteiger partial charge in [-0.25, -0.2) is 0 Å². The van der Waals surface area contributed by atoms with Crippen LogP contribution < -0.4 is 0 Å². The highest BCUT2D eigenvalue weighted by Crippen LogP contribution is 2.19. The van der Waals surface area contributed by atoms with Crippen LogP contribution in [0.1, 0.15) is 19.8 Å². The van der Waals surface area contributed by atoms with Crippen LogP contribution in [-0.4, -0.2) is 27.0 Å². The molecule has 0 radical (unpaired) electrons. The highest BCUT2D eigenvalue weighted by Gasteiger charge is 2.17. The average Bonchev–Trinajstić information content (AvgIpc) is 2.38. The van der Waals surface area contributed by atoms with Crippen LogP contribution in [0.5, 0.6) is 0 Å². The molecule has 0 aliphatic heterocycles. The highest BCUT2D eigenvalue weighted by atomic mass is 32.2. The summed E-state index contributed by atoms with van der Waals surface area (Å²) in [5.41, 5.74) is 1.03. The van der Waals surface area contributed by atoms with E-state index in [1.54, 1.807) is 12.2 Å². The van der Waals surface area contributed by atoms with Gasteiger partial charge in [-0.05, 0) is 18.6 Å². The predicted octanol–water partition coefficient (Wildman–Crippen LogP) is 1.48. The SMILES string of the molecule is CCS(=O)(=O)ON=C1CC(OC)=CC=C1CC#N. The van der Waals surface area contributed by atoms with E-state index in [1.807, 2.05) is 6.07 Å². The number of allylic oxidation sites excluding steroid dienone is 4. The van der Waals surface area contributed by atoms with Crippen molar-refractivity contribution >= 4 is 15.8 Å². The van der Waals surface area contributed by atoms with E-state index in [1.165, 1.54) is 14.0 Å². The van der Waals surface area contributed by atoms with E-state index in [4.69, 9.17) is 10.00 Å². The third-order valence-corrected chi connectivity index (χ3v) is 3.34. The zero-order valence-electron chi connectivity index (χ0n) is 10.2. The summed E-state index contributed by atoms with van der Waals surface area (Å²) in [4.78, 5) is 0. The Morgan fingerprint density at radius 1 is 1.50 bits per heavy atom. The Labute approximate surface area is 106 Å². The summed E-state index contributed by atoms with van der Waals surface area (Å²) in [5, 5.41) is 12.3. The zero-order chi connectivity index (χ0) is 13.6. The van der Waals surface area contributed by atoms with Crippen LogP contribution in [0.2, 0.25) is 0 Å². The van der Waals surface area contributed by atoms with Gasteiger partial charge in [-0.3, -0.25) is 4.28 Å². The van der Waals surface area contributed by atoms with Gasteiger partial charge < -0.3 is 4.74 Å². The number of nitrogens with zero attached hydrogens (tertiary/aromatic N) is 2. The first-order chi connectivity index (χ1) is 8.52. The minimum absolute atomic E-state index is 0.141. The molecule has 7 heteroatoms. The van der Waals surface area contributed by atoms with Gasteiger partial charge >= 0.3 is 10.1 Å². The highest BCUT2D eigenvalue weighted by molar-refractivity contribution is 7.86. The minimum Gasteiger partial charge on any atom is -0.501 e. The topological polar surface area (TPSA) is 88.8 Å². The molecule has 0 aromatic carbocycles. The van der Waals surface area contributed by atoms with Crippen LogP contribution >= 0.6 is 0 Å². The molecule has 0 aromatic heterocycles. The second kappa shape index (κ2) is 6.21. The Morgan fingerprint density at radius 3 is 2.78 bits per heavy atom. The maximum atomic E-state index is 11.2. The van der Waals surface area contributed by atoms with Crippen molar-refractivity contribution in [1.29, 1.82) is 5.26 Å². The van der Waals surface area contributed by atoms with Crippen molar-refractivity contribution in [2.75, 3.05) is 12.9 Å². The van der Waals surface area contributed by atoms with Crippen molar-refractivity contribution in [3.05, 3.63) is 23.5 Å². The van der Waals surface area contributed by atoms with Crippen LogP contribution in [0, 0.1) is 11.3 Å². The monoisotopic (exact) mass is 270 g/mol. The molecule has 0 atom stereocenters. The lowest BCUT2D eigenvalue weighted by atomic mass is 9.99. The van der Waals surface area contributed by atoms with Crippen LogP contribution in [-0.2, 0) is 19.1 Å². The molecule has 0 heterocycles. The molecule has 0 amide bonds. The fourth-order valence-corrected chi connectivity index (χ4v) is 1.57. The molecule has 98 valence electrons. The molecule has 6 nitrogen and oxygen atoms in total. The fraction of sp³-hybridized carbons (Fsp3) is 0.455. The molecular formula is C11H14N2O4S. The number of ether oxygens (including phenoxy) is 1. The number of hydrogen-bond acceptors (Lipinski definition) is 6. The van der Waals surface area contributed by atoms with Crippen molar-refractivity contribution < 1.29 is 17.4 Å². The third-order valence-electron chi connectivity index (χ3n) is 2.33. The Kier molecular flexibility index (Phi) is 4.92. The van der Waals surface area contributed by atoms with Gasteiger partial charge in [-0.2, -0.15) is 13.7 Å². The first-order valence-electron chi connectivity index (χ1n) is 5.31. The first kappa shape index (κ1) is 14.3. The van der Waals surface area contributed by atoms with Crippen molar-refractivity contribution in [3.8, 4) is 6.07 Å². The molecule has 0 bridgehead atoms. The van der Waals surface area contributed by atoms with Gasteiger partial charge in [0.2, 0.25) is 0 Å². The van der Waals surface area contributed by atoms with Gasteiger partial charge in [0.05, 0.1) is 37.5 Å². The van der Waals surface area contributed by atoms with Crippen LogP contribution in [0.4, 0.5) is 0 Å². The molecule has 0 fully saturated rings. The molecule has 0 N–H and O–H groups in total. The summed E-state index contributed by atoms with van der Waals surface area (Å²) in [7, 11) is -2.13. The van der Waals surface area contributed by atoms with Crippen molar-refractivity contribution in [2.45, 2.75) is 19.8 Å². The number of rotatable bonds is 5. The maximum Gasteiger partial charge on any atom is 0.328 e. The van der Waals surface area contributed by atoms with E-state index < -0.39 is 10.1 Å². The van der Waals surface area contributed by atoms with Crippen molar-refractivity contribution in [3.63, 3.8) is 0 Å². The van der Waals surface area contributed by atoms with Gasteiger partial charge in [0.25, 0.3) is 0 Å². The van der Waals surface area contributed by atoms with E-state index in [2.05, 4.69) is 9.44 Å². The number of oxime groups is 1. The zero-order valence-corrected chi connectivity index (χ0v) is 11.0. The van der Waals surface area contributed by atoms with E-state index >= 15 is 0 Å². The normalized spacial score (nSPS) is 17.7. The van der Waals surface area contributed by atoms with Gasteiger partial charge in [0.1, 0.15) is 5.76 Å². The molecule has 1 aliphatic carbocycles. The summed E-state index contributed by atoms with van der Waals surface area (Å²) in [5.74, 6) is 0.474. The van der Waals surface area contributed by atoms with E-state index in [-0.39, 0.29) is 12.2 Å². The molecule has 1 rings (SSSR count). The second-order valence-electron chi connectivity index (χ2n) is 3.50. The Balaban J connectivity index is 2.93. The summed E-state index contributed by atoms with van der Waals surface area (Å²) in [6.07, 6.45) is 3.84. The Bertz CT molecular complexity index is 538. The summed E-state index contributed by atoms with van der Waals surface area (Å²) < 4.78 is 32.0. The fourth-order valence-electron chi connectivity index (χ4n) is 1.26. The van der Waals surface area contributed by atoms with Crippen molar-refractivity contribution in [1.82, 2.24) is 0 Å². The molecule has 0 saturated heterocycles. The third kappa shape index (κ3) is 3.89. The van der Waals surface area contributed by atoms with Gasteiger partial charge in [-0.15, -0.1) is 0 Å². The Hall–Kier alpha value is -1.81. The molecule has 0 unspecified atom stereocenters. The van der Waals surface area contributed by atoms with E-state index in [0.717, 1.165) is 0 Å². The standard InChI is InChI=1S/C11H14N2O4S/c1-3-18(14,15)17-13-11-8-10(16-2)5-4-9(11)6-7-12/h4-5H,3,6,8H2,1-2H3. The largest absolute Gasteiger partial charge is 0.501 e. The lowest BCUT2D eigenvalue weighted by Gasteiger charge is -2.14. The lowest BCUT2D eigenvalue weighted by molar-refractivity contribution is 0.284. The van der Waals surface area contributed by atoms with Crippen LogP contribution in [0.15, 0.2) is 28.6 Å². The predicted molar refractivity (Wildman–Crippen MR) is 66.0 cm³/mol. The average molecular weight is 270 g/mol. The molecule has 0 spiro atoms. The van der Waals surface area contributed by atoms with E-state index in [0.29, 0.717) is 23.5 Å². The molecular weight excluding hydrogens is 256 g/mol. The summed E-state index contributed by atoms with van der Waals surface area (Å²) >= 11 is 0. The lowest BCUT2D eigenvalue weighted by Crippen LogP contribution is -2.12. The molecule has 18 heavy (non-hydrogen) atoms. The number of hydrogen-bond donors (Lipinski definition) is 0. The van der Waals surface area contributed by atoms with Crippen molar-refractivity contribution in [2.24, 2.45) is 5.16 Å². The smallest absolute Gasteiger partial charge is 0.328 e. The molecule has 0 saturated carbocycles. The number of nitriles is 1. The van der Waals surface area contributed by atoms with Gasteiger partial charge in [0.15, 0.2) is 0 Å². The number of methoxy groups -OCH3 is 1. The Morgan fingerprint density at radius 2 is 2.22 bits per heavy atom. The second-order valence-corrected chi connectivity index (χ2v) is 5.34. The van der Waals surface area contributed by atoms with Crippen LogP contribution in [0.25, 0.3) is 0 Å². The minimum atomic E-state index is -3.64. The summed E-state index contributed by atoms with van der Waals surface area (Å²) in [6, 6.07) is 1.99. The molecule has 1 aliphatic rings. The van der Waals surface area contributed by atoms with E-state index in [9.17, 15) is 8.42 Å². The van der Waals surface area contributed by atoms with Gasteiger partial charge in [0, 0.05) is 0 Å². The van der Waals surface area contributed by atoms with Crippen LogP contribution in [0.3, 0.4) is 0 Å². The first-order valence-corrected chi connectivity index (χ1v) is 6.89. The van der Waals surface area contributed by atoms with Gasteiger partial charge in [-0.1, -0.05) is 11.2 Å². The molecule has 0 aromatic rings. The summed E-state index contributed by atoms with van der Waals surface area (Å²) in [6.45, 7) is 1.46. The maximum absolute atomic E-state index is 11.2. The quantitative estimate of drug-likeness (QED) is 0.706.